The summed E-state index contributed by atoms with van der Waals surface area (Å²) in [7, 11) is 3.17. The zero-order valence-corrected chi connectivity index (χ0v) is 13.1. The van der Waals surface area contributed by atoms with Crippen LogP contribution in [0.15, 0.2) is 23.4 Å². The van der Waals surface area contributed by atoms with Crippen molar-refractivity contribution < 1.29 is 19.4 Å². The normalized spacial score (nSPS) is 10.5. The van der Waals surface area contributed by atoms with Gasteiger partial charge in [-0.05, 0) is 18.6 Å². The highest BCUT2D eigenvalue weighted by Gasteiger charge is 2.10. The number of nitrogens with zero attached hydrogens (tertiary/aromatic N) is 2. The summed E-state index contributed by atoms with van der Waals surface area (Å²) in [5.74, 6) is 1.81. The Morgan fingerprint density at radius 3 is 2.55 bits per heavy atom. The number of aromatic nitrogens is 3. The molecule has 2 rings (SSSR count). The number of carbonyl (C=O) groups is 1. The fourth-order valence-corrected chi connectivity index (χ4v) is 2.51. The van der Waals surface area contributed by atoms with Crippen LogP contribution < -0.4 is 9.47 Å². The molecule has 2 aromatic rings. The van der Waals surface area contributed by atoms with E-state index in [2.05, 4.69) is 15.2 Å². The quantitative estimate of drug-likeness (QED) is 0.569. The van der Waals surface area contributed by atoms with Crippen molar-refractivity contribution in [3.63, 3.8) is 0 Å². The standard InChI is InChI=1S/C14H17N3O4S/c1-20-10-6-9(7-11(8-10)21-2)13-15-14(17-16-13)22-5-3-4-12(18)19/h6-8H,3-5H2,1-2H3,(H,18,19)(H,15,16,17). The summed E-state index contributed by atoms with van der Waals surface area (Å²) in [6, 6.07) is 5.45. The SMILES string of the molecule is COc1cc(OC)cc(-c2nc(SCCCC(=O)O)n[nH]2)c1. The predicted octanol–water partition coefficient (Wildman–Crippen LogP) is 2.45. The Labute approximate surface area is 132 Å². The van der Waals surface area contributed by atoms with E-state index in [1.165, 1.54) is 11.8 Å². The number of carboxylic acid groups (broad SMARTS) is 1. The van der Waals surface area contributed by atoms with E-state index in [0.717, 1.165) is 5.56 Å². The number of H-pyrrole nitrogens is 1. The molecule has 0 amide bonds. The number of carboxylic acids is 1. The number of nitrogens with one attached hydrogen (secondary N) is 1. The number of hydrogen-bond donors (Lipinski definition) is 2. The lowest BCUT2D eigenvalue weighted by Crippen LogP contribution is -1.94. The van der Waals surface area contributed by atoms with Gasteiger partial charge in [-0.3, -0.25) is 9.89 Å². The van der Waals surface area contributed by atoms with Crippen LogP contribution in [-0.4, -0.2) is 46.2 Å². The maximum atomic E-state index is 10.5. The van der Waals surface area contributed by atoms with E-state index in [4.69, 9.17) is 14.6 Å². The van der Waals surface area contributed by atoms with Gasteiger partial charge in [0, 0.05) is 23.8 Å². The van der Waals surface area contributed by atoms with Gasteiger partial charge in [-0.1, -0.05) is 11.8 Å². The summed E-state index contributed by atoms with van der Waals surface area (Å²) in [6.45, 7) is 0. The number of hydrogen-bond acceptors (Lipinski definition) is 6. The van der Waals surface area contributed by atoms with Crippen molar-refractivity contribution in [1.29, 1.82) is 0 Å². The molecule has 2 N–H and O–H groups in total. The van der Waals surface area contributed by atoms with Crippen LogP contribution in [0.3, 0.4) is 0 Å². The van der Waals surface area contributed by atoms with Gasteiger partial charge in [0.25, 0.3) is 0 Å². The Bertz CT molecular complexity index is 623. The third kappa shape index (κ3) is 4.39. The van der Waals surface area contributed by atoms with Gasteiger partial charge in [-0.15, -0.1) is 5.10 Å². The molecule has 22 heavy (non-hydrogen) atoms. The van der Waals surface area contributed by atoms with Gasteiger partial charge in [0.2, 0.25) is 5.16 Å². The Balaban J connectivity index is 2.06. The van der Waals surface area contributed by atoms with Crippen molar-refractivity contribution in [1.82, 2.24) is 15.2 Å². The minimum atomic E-state index is -0.792. The van der Waals surface area contributed by atoms with Crippen LogP contribution in [0.25, 0.3) is 11.4 Å². The van der Waals surface area contributed by atoms with E-state index in [0.29, 0.717) is 34.7 Å². The Morgan fingerprint density at radius 1 is 1.27 bits per heavy atom. The van der Waals surface area contributed by atoms with Gasteiger partial charge in [0.1, 0.15) is 11.5 Å². The summed E-state index contributed by atoms with van der Waals surface area (Å²) >= 11 is 1.42. The molecule has 0 atom stereocenters. The monoisotopic (exact) mass is 323 g/mol. The number of benzene rings is 1. The maximum absolute atomic E-state index is 10.5. The van der Waals surface area contributed by atoms with Crippen LogP contribution in [0.4, 0.5) is 0 Å². The van der Waals surface area contributed by atoms with E-state index in [-0.39, 0.29) is 6.42 Å². The second-order valence-electron chi connectivity index (χ2n) is 4.41. The fourth-order valence-electron chi connectivity index (χ4n) is 1.77. The molecule has 0 bridgehead atoms. The molecule has 0 fully saturated rings. The predicted molar refractivity (Wildman–Crippen MR) is 82.5 cm³/mol. The second kappa shape index (κ2) is 7.69. The molecule has 0 unspecified atom stereocenters. The van der Waals surface area contributed by atoms with E-state index >= 15 is 0 Å². The average Bonchev–Trinajstić information content (AvgIpc) is 2.99. The summed E-state index contributed by atoms with van der Waals surface area (Å²) in [4.78, 5) is 14.8. The first-order chi connectivity index (χ1) is 10.6. The average molecular weight is 323 g/mol. The molecule has 1 heterocycles. The molecule has 0 saturated heterocycles. The lowest BCUT2D eigenvalue weighted by atomic mass is 10.2. The van der Waals surface area contributed by atoms with Crippen molar-refractivity contribution in [3.8, 4) is 22.9 Å². The summed E-state index contributed by atoms with van der Waals surface area (Å²) < 4.78 is 10.4. The highest BCUT2D eigenvalue weighted by Crippen LogP contribution is 2.28. The van der Waals surface area contributed by atoms with Crippen LogP contribution in [0, 0.1) is 0 Å². The van der Waals surface area contributed by atoms with Crippen LogP contribution in [0.2, 0.25) is 0 Å². The third-order valence-corrected chi connectivity index (χ3v) is 3.79. The zero-order chi connectivity index (χ0) is 15.9. The molecular weight excluding hydrogens is 306 g/mol. The Hall–Kier alpha value is -2.22. The zero-order valence-electron chi connectivity index (χ0n) is 12.3. The van der Waals surface area contributed by atoms with Crippen molar-refractivity contribution in [2.75, 3.05) is 20.0 Å². The van der Waals surface area contributed by atoms with Gasteiger partial charge in [-0.25, -0.2) is 4.98 Å². The van der Waals surface area contributed by atoms with E-state index in [1.54, 1.807) is 20.3 Å². The topological polar surface area (TPSA) is 97.3 Å². The molecule has 1 aromatic carbocycles. The first-order valence-electron chi connectivity index (χ1n) is 6.63. The van der Waals surface area contributed by atoms with Gasteiger partial charge in [0.15, 0.2) is 5.82 Å². The molecule has 7 nitrogen and oxygen atoms in total. The number of aliphatic carboxylic acids is 1. The van der Waals surface area contributed by atoms with Gasteiger partial charge >= 0.3 is 5.97 Å². The molecule has 0 radical (unpaired) electrons. The molecule has 8 heteroatoms. The lowest BCUT2D eigenvalue weighted by Gasteiger charge is -2.06. The number of ether oxygens (including phenoxy) is 2. The minimum absolute atomic E-state index is 0.150. The van der Waals surface area contributed by atoms with Gasteiger partial charge < -0.3 is 14.6 Å². The maximum Gasteiger partial charge on any atom is 0.303 e. The highest BCUT2D eigenvalue weighted by atomic mass is 32.2. The molecule has 0 aliphatic heterocycles. The largest absolute Gasteiger partial charge is 0.497 e. The molecular formula is C14H17N3O4S. The van der Waals surface area contributed by atoms with Crippen molar-refractivity contribution in [2.45, 2.75) is 18.0 Å². The van der Waals surface area contributed by atoms with Crippen LogP contribution in [0.1, 0.15) is 12.8 Å². The summed E-state index contributed by atoms with van der Waals surface area (Å²) in [5, 5.41) is 16.2. The molecule has 0 saturated carbocycles. The first kappa shape index (κ1) is 16.2. The Morgan fingerprint density at radius 2 is 1.95 bits per heavy atom. The van der Waals surface area contributed by atoms with Crippen molar-refractivity contribution in [2.24, 2.45) is 0 Å². The van der Waals surface area contributed by atoms with E-state index in [1.807, 2.05) is 12.1 Å². The van der Waals surface area contributed by atoms with Crippen LogP contribution in [0.5, 0.6) is 11.5 Å². The molecule has 0 aliphatic rings. The van der Waals surface area contributed by atoms with Crippen molar-refractivity contribution >= 4 is 17.7 Å². The first-order valence-corrected chi connectivity index (χ1v) is 7.61. The second-order valence-corrected chi connectivity index (χ2v) is 5.48. The van der Waals surface area contributed by atoms with E-state index < -0.39 is 5.97 Å². The summed E-state index contributed by atoms with van der Waals surface area (Å²) in [6.07, 6.45) is 0.730. The number of thioether (sulfide) groups is 1. The Kier molecular flexibility index (Phi) is 5.65. The molecule has 1 aromatic heterocycles. The molecule has 0 spiro atoms. The fraction of sp³-hybridized carbons (Fsp3) is 0.357. The lowest BCUT2D eigenvalue weighted by molar-refractivity contribution is -0.137. The number of aromatic amines is 1. The number of methoxy groups -OCH3 is 2. The van der Waals surface area contributed by atoms with Gasteiger partial charge in [0.05, 0.1) is 14.2 Å². The van der Waals surface area contributed by atoms with Crippen molar-refractivity contribution in [3.05, 3.63) is 18.2 Å². The van der Waals surface area contributed by atoms with Crippen LogP contribution >= 0.6 is 11.8 Å². The third-order valence-electron chi connectivity index (χ3n) is 2.86. The minimum Gasteiger partial charge on any atom is -0.497 e. The van der Waals surface area contributed by atoms with Gasteiger partial charge in [-0.2, -0.15) is 0 Å². The van der Waals surface area contributed by atoms with Crippen LogP contribution in [-0.2, 0) is 4.79 Å². The molecule has 0 aliphatic carbocycles. The van der Waals surface area contributed by atoms with E-state index in [9.17, 15) is 4.79 Å². The number of rotatable bonds is 8. The molecule has 118 valence electrons. The summed E-state index contributed by atoms with van der Waals surface area (Å²) in [5.41, 5.74) is 0.807. The smallest absolute Gasteiger partial charge is 0.303 e. The highest BCUT2D eigenvalue weighted by molar-refractivity contribution is 7.99.